The van der Waals surface area contributed by atoms with Crippen molar-refractivity contribution in [3.8, 4) is 0 Å². The molecule has 0 aromatic heterocycles. The van der Waals surface area contributed by atoms with Crippen molar-refractivity contribution in [2.45, 2.75) is 33.8 Å². The molecule has 0 fully saturated rings. The predicted octanol–water partition coefficient (Wildman–Crippen LogP) is 0.490. The number of ether oxygens (including phenoxy) is 1. The molecule has 4 atom stereocenters. The van der Waals surface area contributed by atoms with E-state index >= 15 is 0 Å². The van der Waals surface area contributed by atoms with E-state index in [1.807, 2.05) is 0 Å². The smallest absolute Gasteiger partial charge is 0.350 e. The van der Waals surface area contributed by atoms with E-state index in [9.17, 15) is 30.0 Å². The molecular formula is C18H20Cl2O7. The summed E-state index contributed by atoms with van der Waals surface area (Å²) in [6, 6.07) is 0. The summed E-state index contributed by atoms with van der Waals surface area (Å²) in [5.74, 6) is -3.15. The van der Waals surface area contributed by atoms with E-state index in [-0.39, 0.29) is 12.8 Å². The summed E-state index contributed by atoms with van der Waals surface area (Å²) in [7, 11) is 0. The maximum Gasteiger partial charge on any atom is 0.350 e. The van der Waals surface area contributed by atoms with Gasteiger partial charge in [-0.2, -0.15) is 0 Å². The fourth-order valence-corrected chi connectivity index (χ4v) is 3.38. The fourth-order valence-electron chi connectivity index (χ4n) is 2.79. The van der Waals surface area contributed by atoms with Crippen molar-refractivity contribution in [3.63, 3.8) is 0 Å². The van der Waals surface area contributed by atoms with Crippen LogP contribution < -0.4 is 0 Å². The number of aliphatic hydroxyl groups excluding tert-OH is 2. The molecule has 0 aromatic rings. The van der Waals surface area contributed by atoms with Gasteiger partial charge in [0.05, 0.1) is 13.2 Å². The SMILES string of the molecule is O=C(OC(=O)C(O)(CO)C1(Cl)C=CC=CC1)C(O)(CO)C1(Cl)C=CC=CC1. The van der Waals surface area contributed by atoms with Gasteiger partial charge in [-0.05, 0) is 12.8 Å². The third-order valence-corrected chi connectivity index (χ3v) is 5.92. The maximum absolute atomic E-state index is 12.5. The molecular weight excluding hydrogens is 399 g/mol. The van der Waals surface area contributed by atoms with E-state index < -0.39 is 46.1 Å². The first-order valence-electron chi connectivity index (χ1n) is 8.08. The summed E-state index contributed by atoms with van der Waals surface area (Å²) in [6.07, 6.45) is 11.8. The Balaban J connectivity index is 2.28. The van der Waals surface area contributed by atoms with Gasteiger partial charge >= 0.3 is 11.9 Å². The third kappa shape index (κ3) is 3.63. The Morgan fingerprint density at radius 1 is 0.852 bits per heavy atom. The van der Waals surface area contributed by atoms with E-state index in [0.29, 0.717) is 0 Å². The number of hydrogen-bond acceptors (Lipinski definition) is 7. The van der Waals surface area contributed by atoms with Gasteiger partial charge in [-0.3, -0.25) is 0 Å². The summed E-state index contributed by atoms with van der Waals surface area (Å²) >= 11 is 12.5. The maximum atomic E-state index is 12.5. The largest absolute Gasteiger partial charge is 0.393 e. The van der Waals surface area contributed by atoms with E-state index in [4.69, 9.17) is 23.2 Å². The Bertz CT molecular complexity index is 671. The van der Waals surface area contributed by atoms with Crippen LogP contribution in [0.15, 0.2) is 48.6 Å². The number of carbonyl (C=O) groups is 2. The highest BCUT2D eigenvalue weighted by molar-refractivity contribution is 6.29. The fraction of sp³-hybridized carbons (Fsp3) is 0.444. The van der Waals surface area contributed by atoms with Gasteiger partial charge in [0.15, 0.2) is 0 Å². The first kappa shape index (κ1) is 21.8. The molecule has 0 amide bonds. The molecule has 0 aliphatic heterocycles. The summed E-state index contributed by atoms with van der Waals surface area (Å²) < 4.78 is 4.62. The van der Waals surface area contributed by atoms with Gasteiger partial charge in [0.1, 0.15) is 9.75 Å². The van der Waals surface area contributed by atoms with Crippen molar-refractivity contribution in [1.82, 2.24) is 0 Å². The van der Waals surface area contributed by atoms with Crippen LogP contribution in [0.3, 0.4) is 0 Å². The summed E-state index contributed by atoms with van der Waals surface area (Å²) in [6.45, 7) is -2.29. The zero-order valence-electron chi connectivity index (χ0n) is 14.2. The number of rotatable bonds is 6. The molecule has 0 saturated heterocycles. The van der Waals surface area contributed by atoms with E-state index in [1.54, 1.807) is 24.3 Å². The highest BCUT2D eigenvalue weighted by Gasteiger charge is 2.59. The molecule has 4 N–H and O–H groups in total. The van der Waals surface area contributed by atoms with E-state index in [1.165, 1.54) is 24.3 Å². The van der Waals surface area contributed by atoms with Gasteiger partial charge in [0.25, 0.3) is 0 Å². The summed E-state index contributed by atoms with van der Waals surface area (Å²) in [5.41, 5.74) is -5.35. The first-order chi connectivity index (χ1) is 12.6. The lowest BCUT2D eigenvalue weighted by atomic mass is 9.81. The van der Waals surface area contributed by atoms with Crippen LogP contribution in [0.25, 0.3) is 0 Å². The van der Waals surface area contributed by atoms with Crippen LogP contribution in [0, 0.1) is 0 Å². The normalized spacial score (nSPS) is 31.2. The number of hydrogen-bond donors (Lipinski definition) is 4. The van der Waals surface area contributed by atoms with Crippen molar-refractivity contribution in [2.75, 3.05) is 13.2 Å². The molecule has 0 radical (unpaired) electrons. The lowest BCUT2D eigenvalue weighted by Crippen LogP contribution is -2.63. The van der Waals surface area contributed by atoms with Gasteiger partial charge in [-0.25, -0.2) is 9.59 Å². The average molecular weight is 419 g/mol. The van der Waals surface area contributed by atoms with Crippen LogP contribution in [0.2, 0.25) is 0 Å². The Morgan fingerprint density at radius 2 is 1.22 bits per heavy atom. The zero-order valence-corrected chi connectivity index (χ0v) is 15.7. The minimum absolute atomic E-state index is 0.0251. The van der Waals surface area contributed by atoms with Crippen LogP contribution in [-0.2, 0) is 14.3 Å². The van der Waals surface area contributed by atoms with Gasteiger partial charge < -0.3 is 25.2 Å². The highest BCUT2D eigenvalue weighted by atomic mass is 35.5. The minimum atomic E-state index is -2.68. The second kappa shape index (κ2) is 7.87. The van der Waals surface area contributed by atoms with Crippen LogP contribution >= 0.6 is 23.2 Å². The van der Waals surface area contributed by atoms with Gasteiger partial charge in [0, 0.05) is 0 Å². The molecule has 9 heteroatoms. The van der Waals surface area contributed by atoms with Crippen LogP contribution in [-0.4, -0.2) is 66.5 Å². The summed E-state index contributed by atoms with van der Waals surface area (Å²) in [4.78, 5) is 21.5. The Hall–Kier alpha value is -1.48. The monoisotopic (exact) mass is 418 g/mol. The van der Waals surface area contributed by atoms with Crippen LogP contribution in [0.4, 0.5) is 0 Å². The summed E-state index contributed by atoms with van der Waals surface area (Å²) in [5, 5.41) is 40.4. The molecule has 0 spiro atoms. The minimum Gasteiger partial charge on any atom is -0.393 e. The molecule has 27 heavy (non-hydrogen) atoms. The molecule has 0 aromatic carbocycles. The molecule has 0 saturated carbocycles. The molecule has 2 aliphatic carbocycles. The van der Waals surface area contributed by atoms with Crippen molar-refractivity contribution < 1.29 is 34.8 Å². The van der Waals surface area contributed by atoms with Crippen LogP contribution in [0.1, 0.15) is 12.8 Å². The second-order valence-corrected chi connectivity index (χ2v) is 7.77. The van der Waals surface area contributed by atoms with Crippen molar-refractivity contribution >= 4 is 35.1 Å². The number of allylic oxidation sites excluding steroid dienone is 6. The van der Waals surface area contributed by atoms with E-state index in [0.717, 1.165) is 0 Å². The molecule has 4 unspecified atom stereocenters. The van der Waals surface area contributed by atoms with Crippen molar-refractivity contribution in [2.24, 2.45) is 0 Å². The number of aliphatic hydroxyl groups is 4. The molecule has 7 nitrogen and oxygen atoms in total. The lowest BCUT2D eigenvalue weighted by Gasteiger charge is -2.40. The van der Waals surface area contributed by atoms with Crippen molar-refractivity contribution in [3.05, 3.63) is 48.6 Å². The molecule has 0 heterocycles. The lowest BCUT2D eigenvalue weighted by molar-refractivity contribution is -0.193. The molecule has 0 bridgehead atoms. The Labute approximate surface area is 165 Å². The van der Waals surface area contributed by atoms with Gasteiger partial charge in [-0.1, -0.05) is 48.6 Å². The zero-order chi connectivity index (χ0) is 20.3. The highest BCUT2D eigenvalue weighted by Crippen LogP contribution is 2.40. The van der Waals surface area contributed by atoms with E-state index in [2.05, 4.69) is 4.74 Å². The van der Waals surface area contributed by atoms with Crippen LogP contribution in [0.5, 0.6) is 0 Å². The third-order valence-electron chi connectivity index (χ3n) is 4.74. The average Bonchev–Trinajstić information content (AvgIpc) is 2.67. The first-order valence-corrected chi connectivity index (χ1v) is 8.84. The van der Waals surface area contributed by atoms with Crippen molar-refractivity contribution in [1.29, 1.82) is 0 Å². The quantitative estimate of drug-likeness (QED) is 0.281. The number of carbonyl (C=O) groups excluding carboxylic acids is 2. The molecule has 2 rings (SSSR count). The van der Waals surface area contributed by atoms with Gasteiger partial charge in [0.2, 0.25) is 11.2 Å². The second-order valence-electron chi connectivity index (χ2n) is 6.42. The Morgan fingerprint density at radius 3 is 1.48 bits per heavy atom. The number of esters is 2. The standard InChI is InChI=1S/C18H20Cl2O7/c19-15(7-3-1-4-8-15)17(25,11-21)13(23)27-14(24)18(26,12-22)16(20)9-5-2-6-10-16/h1-7,9,21-22,25-26H,8,10-12H2. The molecule has 2 aliphatic rings. The Kier molecular flexibility index (Phi) is 6.36. The predicted molar refractivity (Wildman–Crippen MR) is 98.1 cm³/mol. The topological polar surface area (TPSA) is 124 Å². The number of alkyl halides is 2. The number of halogens is 2. The molecule has 148 valence electrons. The van der Waals surface area contributed by atoms with Gasteiger partial charge in [-0.15, -0.1) is 23.2 Å².